The monoisotopic (exact) mass is 493 g/mol. The van der Waals surface area contributed by atoms with Crippen LogP contribution in [-0.4, -0.2) is 14.4 Å². The summed E-state index contributed by atoms with van der Waals surface area (Å²) < 4.78 is 11.0. The van der Waals surface area contributed by atoms with E-state index in [9.17, 15) is 0 Å². The lowest BCUT2D eigenvalue weighted by Crippen LogP contribution is -1.93. The average Bonchev–Trinajstić information content (AvgIpc) is 3.59. The van der Waals surface area contributed by atoms with Gasteiger partial charge in [-0.25, -0.2) is 9.97 Å². The lowest BCUT2D eigenvalue weighted by molar-refractivity contribution is 0.464. The maximum Gasteiger partial charge on any atom is 0.219 e. The Morgan fingerprint density at radius 1 is 0.676 bits per heavy atom. The van der Waals surface area contributed by atoms with E-state index >= 15 is 0 Å². The Hall–Kier alpha value is -4.74. The molecule has 0 saturated heterocycles. The molecule has 0 aliphatic rings. The number of pyridine rings is 2. The average molecular weight is 494 g/mol. The molecular weight excluding hydrogens is 474 g/mol. The van der Waals surface area contributed by atoms with Crippen molar-refractivity contribution in [3.05, 3.63) is 116 Å². The molecule has 4 nitrogen and oxygen atoms in total. The highest BCUT2D eigenvalue weighted by atomic mass is 32.1. The second-order valence-electron chi connectivity index (χ2n) is 9.09. The van der Waals surface area contributed by atoms with Crippen LogP contribution in [0.5, 0.6) is 11.6 Å². The third-order valence-electron chi connectivity index (χ3n) is 6.95. The first kappa shape index (κ1) is 20.5. The normalized spacial score (nSPS) is 11.8. The van der Waals surface area contributed by atoms with E-state index in [1.54, 1.807) is 0 Å². The maximum atomic E-state index is 6.31. The molecule has 4 heterocycles. The smallest absolute Gasteiger partial charge is 0.219 e. The van der Waals surface area contributed by atoms with Gasteiger partial charge >= 0.3 is 0 Å². The summed E-state index contributed by atoms with van der Waals surface area (Å²) in [5.41, 5.74) is 4.07. The van der Waals surface area contributed by atoms with E-state index in [1.807, 2.05) is 48.0 Å². The molecule has 0 N–H and O–H groups in total. The molecule has 0 bridgehead atoms. The number of hydrogen-bond donors (Lipinski definition) is 0. The lowest BCUT2D eigenvalue weighted by Gasteiger charge is -2.11. The lowest BCUT2D eigenvalue weighted by atomic mass is 10.1. The first-order valence-corrected chi connectivity index (χ1v) is 13.0. The molecule has 0 spiro atoms. The minimum absolute atomic E-state index is 0.565. The van der Waals surface area contributed by atoms with Crippen molar-refractivity contribution >= 4 is 58.8 Å². The fourth-order valence-electron chi connectivity index (χ4n) is 5.31. The van der Waals surface area contributed by atoms with Crippen molar-refractivity contribution in [2.24, 2.45) is 0 Å². The standard InChI is InChI=1S/C32H19N3OS/c1-3-12-28-22(7-1)21-16-15-20(19-26(21)32-33-17-18-35(28)32)36-30-14-6-11-27(34-30)25-10-5-9-24-23-8-2-4-13-29(23)37-31(24)25/h1-19H. The van der Waals surface area contributed by atoms with Gasteiger partial charge in [0, 0.05) is 55.0 Å². The summed E-state index contributed by atoms with van der Waals surface area (Å²) >= 11 is 1.81. The van der Waals surface area contributed by atoms with E-state index in [1.165, 1.54) is 25.6 Å². The van der Waals surface area contributed by atoms with Crippen molar-refractivity contribution in [1.29, 1.82) is 0 Å². The minimum atomic E-state index is 0.565. The maximum absolute atomic E-state index is 6.31. The summed E-state index contributed by atoms with van der Waals surface area (Å²) in [5.74, 6) is 1.30. The highest BCUT2D eigenvalue weighted by Crippen LogP contribution is 2.40. The van der Waals surface area contributed by atoms with Crippen LogP contribution in [-0.2, 0) is 0 Å². The summed E-state index contributed by atoms with van der Waals surface area (Å²) in [6.07, 6.45) is 3.85. The number of nitrogens with zero attached hydrogens (tertiary/aromatic N) is 3. The van der Waals surface area contributed by atoms with Crippen LogP contribution in [0.15, 0.2) is 116 Å². The zero-order chi connectivity index (χ0) is 24.3. The van der Waals surface area contributed by atoms with Gasteiger partial charge in [0.2, 0.25) is 5.88 Å². The van der Waals surface area contributed by atoms with E-state index in [-0.39, 0.29) is 0 Å². The predicted molar refractivity (Wildman–Crippen MR) is 153 cm³/mol. The summed E-state index contributed by atoms with van der Waals surface area (Å²) in [6, 6.07) is 35.5. The molecular formula is C32H19N3OS. The van der Waals surface area contributed by atoms with Crippen LogP contribution in [0.2, 0.25) is 0 Å². The van der Waals surface area contributed by atoms with Crippen molar-refractivity contribution in [3.8, 4) is 22.9 Å². The van der Waals surface area contributed by atoms with Gasteiger partial charge in [-0.3, -0.25) is 4.40 Å². The molecule has 0 amide bonds. The predicted octanol–water partition coefficient (Wildman–Crippen LogP) is 8.86. The van der Waals surface area contributed by atoms with Gasteiger partial charge in [-0.1, -0.05) is 60.7 Å². The molecule has 8 rings (SSSR count). The fraction of sp³-hybridized carbons (Fsp3) is 0. The highest BCUT2D eigenvalue weighted by molar-refractivity contribution is 7.26. The van der Waals surface area contributed by atoms with Crippen molar-refractivity contribution in [1.82, 2.24) is 14.4 Å². The molecule has 37 heavy (non-hydrogen) atoms. The molecule has 4 aromatic heterocycles. The SMILES string of the molecule is c1cc(Oc2ccc3c4ccccc4n4ccnc4c3c2)nc(-c2cccc3c2sc2ccccc23)c1. The van der Waals surface area contributed by atoms with E-state index in [0.717, 1.165) is 38.9 Å². The summed E-state index contributed by atoms with van der Waals surface area (Å²) in [4.78, 5) is 9.54. The number of fused-ring (bicyclic) bond motifs is 9. The molecule has 0 atom stereocenters. The topological polar surface area (TPSA) is 39.4 Å². The Labute approximate surface area is 216 Å². The zero-order valence-corrected chi connectivity index (χ0v) is 20.4. The van der Waals surface area contributed by atoms with Gasteiger partial charge in [-0.2, -0.15) is 0 Å². The zero-order valence-electron chi connectivity index (χ0n) is 19.6. The molecule has 0 aliphatic carbocycles. The number of imidazole rings is 1. The Kier molecular flexibility index (Phi) is 4.36. The number of ether oxygens (including phenoxy) is 1. The van der Waals surface area contributed by atoms with Crippen molar-refractivity contribution in [2.75, 3.05) is 0 Å². The Bertz CT molecular complexity index is 2140. The molecule has 0 fully saturated rings. The van der Waals surface area contributed by atoms with E-state index in [2.05, 4.69) is 88.2 Å². The van der Waals surface area contributed by atoms with Crippen LogP contribution >= 0.6 is 11.3 Å². The van der Waals surface area contributed by atoms with Crippen molar-refractivity contribution in [2.45, 2.75) is 0 Å². The van der Waals surface area contributed by atoms with Gasteiger partial charge < -0.3 is 4.74 Å². The Morgan fingerprint density at radius 2 is 1.51 bits per heavy atom. The number of benzene rings is 4. The number of rotatable bonds is 3. The third kappa shape index (κ3) is 3.14. The molecule has 0 aliphatic heterocycles. The first-order valence-electron chi connectivity index (χ1n) is 12.2. The molecule has 8 aromatic rings. The van der Waals surface area contributed by atoms with E-state index < -0.39 is 0 Å². The molecule has 5 heteroatoms. The first-order chi connectivity index (χ1) is 18.3. The van der Waals surface area contributed by atoms with Gasteiger partial charge in [0.1, 0.15) is 11.4 Å². The summed E-state index contributed by atoms with van der Waals surface area (Å²) in [6.45, 7) is 0. The molecule has 4 aromatic carbocycles. The van der Waals surface area contributed by atoms with Gasteiger partial charge in [-0.05, 0) is 41.8 Å². The fourth-order valence-corrected chi connectivity index (χ4v) is 6.53. The van der Waals surface area contributed by atoms with E-state index in [0.29, 0.717) is 5.88 Å². The minimum Gasteiger partial charge on any atom is -0.439 e. The Balaban J connectivity index is 1.23. The van der Waals surface area contributed by atoms with Crippen LogP contribution in [0, 0.1) is 0 Å². The molecule has 0 unspecified atom stereocenters. The van der Waals surface area contributed by atoms with Gasteiger partial charge in [-0.15, -0.1) is 11.3 Å². The Morgan fingerprint density at radius 3 is 2.49 bits per heavy atom. The molecule has 0 radical (unpaired) electrons. The summed E-state index contributed by atoms with van der Waals surface area (Å²) in [5, 5.41) is 5.93. The number of hydrogen-bond acceptors (Lipinski definition) is 4. The highest BCUT2D eigenvalue weighted by Gasteiger charge is 2.13. The van der Waals surface area contributed by atoms with E-state index in [4.69, 9.17) is 9.72 Å². The quantitative estimate of drug-likeness (QED) is 0.231. The van der Waals surface area contributed by atoms with Gasteiger partial charge in [0.15, 0.2) is 0 Å². The number of para-hydroxylation sites is 1. The largest absolute Gasteiger partial charge is 0.439 e. The van der Waals surface area contributed by atoms with Crippen LogP contribution in [0.1, 0.15) is 0 Å². The number of thiophene rings is 1. The van der Waals surface area contributed by atoms with Gasteiger partial charge in [0.05, 0.1) is 11.2 Å². The van der Waals surface area contributed by atoms with Crippen LogP contribution in [0.25, 0.3) is 58.8 Å². The molecule has 0 saturated carbocycles. The van der Waals surface area contributed by atoms with Crippen LogP contribution in [0.3, 0.4) is 0 Å². The van der Waals surface area contributed by atoms with Gasteiger partial charge in [0.25, 0.3) is 0 Å². The number of aromatic nitrogens is 3. The van der Waals surface area contributed by atoms with Crippen molar-refractivity contribution in [3.63, 3.8) is 0 Å². The third-order valence-corrected chi connectivity index (χ3v) is 8.17. The summed E-state index contributed by atoms with van der Waals surface area (Å²) in [7, 11) is 0. The molecule has 174 valence electrons. The van der Waals surface area contributed by atoms with Crippen LogP contribution < -0.4 is 4.74 Å². The second-order valence-corrected chi connectivity index (χ2v) is 10.1. The van der Waals surface area contributed by atoms with Crippen LogP contribution in [0.4, 0.5) is 0 Å². The second kappa shape index (κ2) is 7.88. The van der Waals surface area contributed by atoms with Crippen molar-refractivity contribution < 1.29 is 4.74 Å².